The summed E-state index contributed by atoms with van der Waals surface area (Å²) in [6, 6.07) is -1.39. The average molecular weight is 859 g/mol. The minimum absolute atomic E-state index is 0.0387. The molecule has 0 aliphatic heterocycles. The number of rotatable bonds is 46. The van der Waals surface area contributed by atoms with E-state index in [9.17, 15) is 19.2 Å². The van der Waals surface area contributed by atoms with E-state index in [0.717, 1.165) is 83.5 Å². The second kappa shape index (κ2) is 46.6. The van der Waals surface area contributed by atoms with E-state index in [1.165, 1.54) is 128 Å². The molecule has 0 bridgehead atoms. The zero-order chi connectivity index (χ0) is 44.7. The number of unbranched alkanes of at least 4 members (excludes halogenated alkanes) is 26. The molecule has 0 saturated heterocycles. The summed E-state index contributed by atoms with van der Waals surface area (Å²) < 4.78 is 6.05. The van der Waals surface area contributed by atoms with Crippen LogP contribution >= 0.6 is 0 Å². The highest BCUT2D eigenvalue weighted by Gasteiger charge is 2.19. The first kappa shape index (κ1) is 58.1. The van der Waals surface area contributed by atoms with E-state index < -0.39 is 24.5 Å². The number of hydrogen-bond donors (Lipinski definition) is 4. The summed E-state index contributed by atoms with van der Waals surface area (Å²) in [4.78, 5) is 47.8. The summed E-state index contributed by atoms with van der Waals surface area (Å²) in [6.07, 6.45) is 54.6. The van der Waals surface area contributed by atoms with Gasteiger partial charge in [0.15, 0.2) is 0 Å². The van der Waals surface area contributed by atoms with Crippen LogP contribution in [0.4, 0.5) is 0 Å². The number of carbonyl (C=O) groups excluding carboxylic acids is 3. The van der Waals surface area contributed by atoms with Crippen molar-refractivity contribution in [3.63, 3.8) is 0 Å². The summed E-state index contributed by atoms with van der Waals surface area (Å²) in [5.74, 6) is -2.31. The number of nitrogens with one attached hydrogen (secondary N) is 2. The summed E-state index contributed by atoms with van der Waals surface area (Å²) in [6.45, 7) is 3.49. The highest BCUT2D eigenvalue weighted by atomic mass is 16.5. The maximum Gasteiger partial charge on any atom is 0.328 e. The van der Waals surface area contributed by atoms with Gasteiger partial charge in [-0.15, -0.1) is 0 Å². The Bertz CT molecular complexity index is 1120. The Morgan fingerprint density at radius 3 is 1.34 bits per heavy atom. The van der Waals surface area contributed by atoms with Crippen LogP contribution in [-0.2, 0) is 23.9 Å². The van der Waals surface area contributed by atoms with Gasteiger partial charge in [-0.25, -0.2) is 4.79 Å². The molecular formula is C52H94N2O7. The lowest BCUT2D eigenvalue weighted by Crippen LogP contribution is -2.47. The molecule has 9 nitrogen and oxygen atoms in total. The molecule has 9 heteroatoms. The summed E-state index contributed by atoms with van der Waals surface area (Å²) in [5, 5.41) is 22.6. The molecule has 4 N–H and O–H groups in total. The molecule has 0 aromatic rings. The molecule has 2 amide bonds. The molecule has 0 aromatic carbocycles. The highest BCUT2D eigenvalue weighted by Crippen LogP contribution is 2.19. The SMILES string of the molecule is CCCCCCC/C=C\C/C=C\CCCCCC(CCCCCCCC(=O)NCC(=O)NC(CO)C(=O)O)OC(=O)CCCCCCCCC/C=C\CCCCCCCCC. The van der Waals surface area contributed by atoms with Crippen molar-refractivity contribution in [3.05, 3.63) is 36.5 Å². The fourth-order valence-corrected chi connectivity index (χ4v) is 7.45. The van der Waals surface area contributed by atoms with Crippen molar-refractivity contribution >= 4 is 23.8 Å². The number of allylic oxidation sites excluding steroid dienone is 6. The molecule has 0 heterocycles. The third-order valence-electron chi connectivity index (χ3n) is 11.4. The first-order valence-corrected chi connectivity index (χ1v) is 25.4. The van der Waals surface area contributed by atoms with Gasteiger partial charge in [0.2, 0.25) is 11.8 Å². The van der Waals surface area contributed by atoms with Gasteiger partial charge in [0.1, 0.15) is 12.1 Å². The van der Waals surface area contributed by atoms with Crippen LogP contribution in [0.1, 0.15) is 245 Å². The Morgan fingerprint density at radius 1 is 0.492 bits per heavy atom. The third kappa shape index (κ3) is 43.5. The Hall–Kier alpha value is -2.94. The largest absolute Gasteiger partial charge is 0.480 e. The number of carbonyl (C=O) groups is 4. The molecule has 0 aliphatic carbocycles. The number of aliphatic carboxylic acids is 1. The van der Waals surface area contributed by atoms with Crippen LogP contribution in [0.15, 0.2) is 36.5 Å². The van der Waals surface area contributed by atoms with Gasteiger partial charge in [0, 0.05) is 12.8 Å². The number of esters is 1. The molecule has 61 heavy (non-hydrogen) atoms. The molecule has 354 valence electrons. The Balaban J connectivity index is 4.35. The lowest BCUT2D eigenvalue weighted by atomic mass is 10.0. The van der Waals surface area contributed by atoms with Crippen LogP contribution in [0.2, 0.25) is 0 Å². The first-order chi connectivity index (χ1) is 29.8. The average Bonchev–Trinajstić information content (AvgIpc) is 3.25. The van der Waals surface area contributed by atoms with E-state index in [4.69, 9.17) is 14.9 Å². The van der Waals surface area contributed by atoms with Crippen molar-refractivity contribution in [2.45, 2.75) is 257 Å². The summed E-state index contributed by atoms with van der Waals surface area (Å²) in [7, 11) is 0. The zero-order valence-corrected chi connectivity index (χ0v) is 39.4. The van der Waals surface area contributed by atoms with Crippen molar-refractivity contribution in [2.24, 2.45) is 0 Å². The minimum atomic E-state index is -1.39. The molecule has 0 saturated carbocycles. The van der Waals surface area contributed by atoms with Crippen molar-refractivity contribution in [1.82, 2.24) is 10.6 Å². The van der Waals surface area contributed by atoms with Crippen LogP contribution in [0, 0.1) is 0 Å². The standard InChI is InChI=1S/C52H94N2O7/c1-3-5-7-9-11-13-15-17-19-20-21-23-25-27-29-31-36-40-44-51(58)61-47(41-37-33-30-28-26-24-22-18-16-14-12-10-8-6-4-2)42-38-34-32-35-39-43-49(56)53-45-50(57)54-48(46-55)52(59)60/h16,18-20,24,26,47-48,55H,3-15,17,21-23,25,27-46H2,1-2H3,(H,53,56)(H,54,57)(H,59,60)/b18-16-,20-19-,26-24-. The van der Waals surface area contributed by atoms with E-state index in [1.54, 1.807) is 0 Å². The number of ether oxygens (including phenoxy) is 1. The number of carboxylic acid groups (broad SMARTS) is 1. The van der Waals surface area contributed by atoms with Crippen LogP contribution in [0.25, 0.3) is 0 Å². The topological polar surface area (TPSA) is 142 Å². The number of carboxylic acids is 1. The number of hydrogen-bond acceptors (Lipinski definition) is 6. The fourth-order valence-electron chi connectivity index (χ4n) is 7.45. The van der Waals surface area contributed by atoms with Gasteiger partial charge in [-0.1, -0.05) is 172 Å². The molecule has 0 aromatic heterocycles. The highest BCUT2D eigenvalue weighted by molar-refractivity contribution is 5.87. The van der Waals surface area contributed by atoms with Gasteiger partial charge in [0.25, 0.3) is 0 Å². The molecule has 0 rings (SSSR count). The van der Waals surface area contributed by atoms with Gasteiger partial charge >= 0.3 is 11.9 Å². The predicted molar refractivity (Wildman–Crippen MR) is 255 cm³/mol. The van der Waals surface area contributed by atoms with E-state index in [2.05, 4.69) is 60.9 Å². The lowest BCUT2D eigenvalue weighted by molar-refractivity contribution is -0.150. The van der Waals surface area contributed by atoms with Gasteiger partial charge in [-0.05, 0) is 96.3 Å². The molecule has 2 atom stereocenters. The predicted octanol–water partition coefficient (Wildman–Crippen LogP) is 13.3. The molecular weight excluding hydrogens is 765 g/mol. The zero-order valence-electron chi connectivity index (χ0n) is 39.4. The van der Waals surface area contributed by atoms with E-state index in [-0.39, 0.29) is 30.9 Å². The fraction of sp³-hybridized carbons (Fsp3) is 0.808. The Kier molecular flexibility index (Phi) is 44.3. The molecule has 0 aliphatic rings. The monoisotopic (exact) mass is 859 g/mol. The first-order valence-electron chi connectivity index (χ1n) is 25.4. The van der Waals surface area contributed by atoms with Crippen LogP contribution < -0.4 is 10.6 Å². The normalized spacial score (nSPS) is 12.7. The quantitative estimate of drug-likeness (QED) is 0.0271. The van der Waals surface area contributed by atoms with Crippen LogP contribution in [-0.4, -0.2) is 59.3 Å². The Labute approximate surface area is 374 Å². The Morgan fingerprint density at radius 2 is 0.885 bits per heavy atom. The van der Waals surface area contributed by atoms with E-state index in [0.29, 0.717) is 12.8 Å². The number of amides is 2. The van der Waals surface area contributed by atoms with Gasteiger partial charge in [-0.3, -0.25) is 14.4 Å². The van der Waals surface area contributed by atoms with Crippen LogP contribution in [0.3, 0.4) is 0 Å². The van der Waals surface area contributed by atoms with Crippen molar-refractivity contribution in [3.8, 4) is 0 Å². The smallest absolute Gasteiger partial charge is 0.328 e. The van der Waals surface area contributed by atoms with Crippen molar-refractivity contribution in [1.29, 1.82) is 0 Å². The summed E-state index contributed by atoms with van der Waals surface area (Å²) >= 11 is 0. The molecule has 0 spiro atoms. The second-order valence-corrected chi connectivity index (χ2v) is 17.3. The van der Waals surface area contributed by atoms with E-state index in [1.807, 2.05) is 0 Å². The maximum absolute atomic E-state index is 12.9. The van der Waals surface area contributed by atoms with Gasteiger partial charge in [-0.2, -0.15) is 0 Å². The van der Waals surface area contributed by atoms with Crippen molar-refractivity contribution in [2.75, 3.05) is 13.2 Å². The third-order valence-corrected chi connectivity index (χ3v) is 11.4. The molecule has 2 unspecified atom stereocenters. The van der Waals surface area contributed by atoms with Gasteiger partial charge in [0.05, 0.1) is 13.2 Å². The van der Waals surface area contributed by atoms with Gasteiger partial charge < -0.3 is 25.6 Å². The molecule has 0 fully saturated rings. The summed E-state index contributed by atoms with van der Waals surface area (Å²) in [5.41, 5.74) is 0. The van der Waals surface area contributed by atoms with Crippen LogP contribution in [0.5, 0.6) is 0 Å². The molecule has 0 radical (unpaired) electrons. The number of aliphatic hydroxyl groups is 1. The lowest BCUT2D eigenvalue weighted by Gasteiger charge is -2.18. The number of aliphatic hydroxyl groups excluding tert-OH is 1. The maximum atomic E-state index is 12.9. The second-order valence-electron chi connectivity index (χ2n) is 17.3. The van der Waals surface area contributed by atoms with E-state index >= 15 is 0 Å². The van der Waals surface area contributed by atoms with Crippen molar-refractivity contribution < 1.29 is 34.1 Å². The minimum Gasteiger partial charge on any atom is -0.480 e.